The minimum Gasteiger partial charge on any atom is -0.497 e. The Morgan fingerprint density at radius 2 is 1.70 bits per heavy atom. The Bertz CT molecular complexity index is 623. The summed E-state index contributed by atoms with van der Waals surface area (Å²) in [6, 6.07) is 17.3. The molecule has 1 fully saturated rings. The predicted molar refractivity (Wildman–Crippen MR) is 92.3 cm³/mol. The number of anilines is 1. The fraction of sp³-hybridized carbons (Fsp3) is 0.368. The van der Waals surface area contributed by atoms with E-state index in [1.807, 2.05) is 24.3 Å². The largest absolute Gasteiger partial charge is 0.497 e. The van der Waals surface area contributed by atoms with Gasteiger partial charge < -0.3 is 14.4 Å². The predicted octanol–water partition coefficient (Wildman–Crippen LogP) is 2.83. The van der Waals surface area contributed by atoms with Crippen LogP contribution in [-0.4, -0.2) is 45.3 Å². The van der Waals surface area contributed by atoms with Crippen LogP contribution >= 0.6 is 0 Å². The molecule has 0 saturated carbocycles. The van der Waals surface area contributed by atoms with Gasteiger partial charge in [0.25, 0.3) is 0 Å². The van der Waals surface area contributed by atoms with Crippen molar-refractivity contribution in [2.45, 2.75) is 6.54 Å². The van der Waals surface area contributed by atoms with Crippen molar-refractivity contribution in [3.63, 3.8) is 0 Å². The van der Waals surface area contributed by atoms with Crippen LogP contribution < -0.4 is 14.4 Å². The maximum Gasteiger partial charge on any atom is 0.127 e. The van der Waals surface area contributed by atoms with Crippen molar-refractivity contribution in [2.75, 3.05) is 45.3 Å². The average molecular weight is 311 g/mol. The second-order valence-corrected chi connectivity index (χ2v) is 5.70. The minimum atomic E-state index is 0.830. The zero-order valence-corrected chi connectivity index (χ0v) is 13.8. The van der Waals surface area contributed by atoms with E-state index in [9.17, 15) is 0 Å². The Hall–Kier alpha value is -2.20. The number of hydrogen-bond acceptors (Lipinski definition) is 4. The van der Waals surface area contributed by atoms with Crippen molar-refractivity contribution in [3.8, 4) is 11.5 Å². The Kier molecular flexibility index (Phi) is 5.03. The van der Waals surface area contributed by atoms with Crippen LogP contribution in [-0.2, 0) is 6.54 Å². The van der Waals surface area contributed by atoms with Gasteiger partial charge in [0.2, 0.25) is 0 Å². The highest BCUT2D eigenvalue weighted by Gasteiger charge is 2.18. The second kappa shape index (κ2) is 7.38. The smallest absolute Gasteiger partial charge is 0.127 e. The summed E-state index contributed by atoms with van der Waals surface area (Å²) >= 11 is 0. The molecule has 1 aliphatic heterocycles. The van der Waals surface area contributed by atoms with Crippen LogP contribution in [0.25, 0.3) is 0 Å². The van der Waals surface area contributed by atoms with Gasteiger partial charge in [0.05, 0.1) is 14.2 Å². The quantitative estimate of drug-likeness (QED) is 0.848. The van der Waals surface area contributed by atoms with E-state index in [0.717, 1.165) is 44.2 Å². The number of benzene rings is 2. The highest BCUT2D eigenvalue weighted by Crippen LogP contribution is 2.26. The molecule has 0 bridgehead atoms. The molecule has 2 aromatic carbocycles. The number of nitrogens with zero attached hydrogens (tertiary/aromatic N) is 2. The molecule has 1 radical (unpaired) electrons. The van der Waals surface area contributed by atoms with Crippen LogP contribution in [0.15, 0.2) is 42.5 Å². The summed E-state index contributed by atoms with van der Waals surface area (Å²) in [5.74, 6) is 1.72. The van der Waals surface area contributed by atoms with Crippen LogP contribution in [0, 0.1) is 6.07 Å². The Balaban J connectivity index is 1.61. The maximum atomic E-state index is 5.50. The molecule has 0 N–H and O–H groups in total. The van der Waals surface area contributed by atoms with Crippen LogP contribution in [0.3, 0.4) is 0 Å². The van der Waals surface area contributed by atoms with Crippen LogP contribution in [0.4, 0.5) is 5.69 Å². The van der Waals surface area contributed by atoms with E-state index in [1.54, 1.807) is 14.2 Å². The van der Waals surface area contributed by atoms with E-state index >= 15 is 0 Å². The number of piperazine rings is 1. The molecule has 23 heavy (non-hydrogen) atoms. The van der Waals surface area contributed by atoms with Gasteiger partial charge in [-0.3, -0.25) is 4.90 Å². The van der Waals surface area contributed by atoms with Gasteiger partial charge in [-0.05, 0) is 24.3 Å². The van der Waals surface area contributed by atoms with Gasteiger partial charge in [-0.25, -0.2) is 0 Å². The molecule has 1 heterocycles. The fourth-order valence-electron chi connectivity index (χ4n) is 2.98. The number of hydrogen-bond donors (Lipinski definition) is 0. The van der Waals surface area contributed by atoms with Crippen molar-refractivity contribution < 1.29 is 9.47 Å². The molecule has 3 rings (SSSR count). The Labute approximate surface area is 138 Å². The molecule has 0 spiro atoms. The average Bonchev–Trinajstić information content (AvgIpc) is 2.63. The zero-order valence-electron chi connectivity index (χ0n) is 13.8. The Morgan fingerprint density at radius 3 is 2.35 bits per heavy atom. The standard InChI is InChI=1S/C19H23N2O2/c1-22-18-9-8-16(19(14-18)23-2)15-20-10-12-21(13-11-20)17-6-4-3-5-7-17/h4-9,14H,10-13,15H2,1-2H3. The lowest BCUT2D eigenvalue weighted by Gasteiger charge is -2.36. The van der Waals surface area contributed by atoms with Gasteiger partial charge >= 0.3 is 0 Å². The van der Waals surface area contributed by atoms with Crippen molar-refractivity contribution in [1.29, 1.82) is 0 Å². The third-order valence-electron chi connectivity index (χ3n) is 4.33. The monoisotopic (exact) mass is 311 g/mol. The SMILES string of the molecule is COc1ccc(CN2CCN(c3cc[c]cc3)CC2)c(OC)c1. The van der Waals surface area contributed by atoms with Crippen molar-refractivity contribution in [3.05, 3.63) is 54.1 Å². The normalized spacial score (nSPS) is 15.5. The van der Waals surface area contributed by atoms with Crippen molar-refractivity contribution >= 4 is 5.69 Å². The summed E-state index contributed by atoms with van der Waals surface area (Å²) in [5.41, 5.74) is 2.49. The molecular formula is C19H23N2O2. The molecule has 1 aliphatic rings. The molecule has 0 unspecified atom stereocenters. The van der Waals surface area contributed by atoms with Gasteiger partial charge in [-0.1, -0.05) is 18.2 Å². The van der Waals surface area contributed by atoms with E-state index < -0.39 is 0 Å². The van der Waals surface area contributed by atoms with Crippen molar-refractivity contribution in [1.82, 2.24) is 4.90 Å². The summed E-state index contributed by atoms with van der Waals surface area (Å²) in [4.78, 5) is 4.89. The maximum absolute atomic E-state index is 5.50. The Morgan fingerprint density at radius 1 is 0.957 bits per heavy atom. The first kappa shape index (κ1) is 15.7. The lowest BCUT2D eigenvalue weighted by Crippen LogP contribution is -2.46. The van der Waals surface area contributed by atoms with E-state index in [0.29, 0.717) is 0 Å². The molecule has 121 valence electrons. The highest BCUT2D eigenvalue weighted by atomic mass is 16.5. The number of rotatable bonds is 5. The van der Waals surface area contributed by atoms with Gasteiger partial charge in [0.15, 0.2) is 0 Å². The zero-order chi connectivity index (χ0) is 16.1. The van der Waals surface area contributed by atoms with E-state index in [1.165, 1.54) is 11.3 Å². The summed E-state index contributed by atoms with van der Waals surface area (Å²) in [6.45, 7) is 5.09. The molecular weight excluding hydrogens is 288 g/mol. The van der Waals surface area contributed by atoms with Gasteiger partial charge in [0, 0.05) is 50.0 Å². The molecule has 1 saturated heterocycles. The lowest BCUT2D eigenvalue weighted by atomic mass is 10.1. The molecule has 0 aliphatic carbocycles. The first-order valence-electron chi connectivity index (χ1n) is 7.94. The van der Waals surface area contributed by atoms with Gasteiger partial charge in [0.1, 0.15) is 11.5 Å². The van der Waals surface area contributed by atoms with Gasteiger partial charge in [-0.15, -0.1) is 0 Å². The molecule has 2 aromatic rings. The van der Waals surface area contributed by atoms with Crippen LogP contribution in [0.5, 0.6) is 11.5 Å². The second-order valence-electron chi connectivity index (χ2n) is 5.70. The fourth-order valence-corrected chi connectivity index (χ4v) is 2.98. The van der Waals surface area contributed by atoms with Gasteiger partial charge in [-0.2, -0.15) is 0 Å². The molecule has 0 amide bonds. The third kappa shape index (κ3) is 3.77. The third-order valence-corrected chi connectivity index (χ3v) is 4.33. The van der Waals surface area contributed by atoms with Crippen LogP contribution in [0.2, 0.25) is 0 Å². The molecule has 0 atom stereocenters. The number of methoxy groups -OCH3 is 2. The first-order valence-corrected chi connectivity index (χ1v) is 7.94. The lowest BCUT2D eigenvalue weighted by molar-refractivity contribution is 0.246. The molecule has 4 heteroatoms. The summed E-state index contributed by atoms with van der Waals surface area (Å²) < 4.78 is 10.8. The summed E-state index contributed by atoms with van der Waals surface area (Å²) in [7, 11) is 3.39. The minimum absolute atomic E-state index is 0.830. The van der Waals surface area contributed by atoms with Crippen molar-refractivity contribution in [2.24, 2.45) is 0 Å². The van der Waals surface area contributed by atoms with E-state index in [4.69, 9.17) is 9.47 Å². The first-order chi connectivity index (χ1) is 11.3. The molecule has 4 nitrogen and oxygen atoms in total. The van der Waals surface area contributed by atoms with Crippen LogP contribution in [0.1, 0.15) is 5.56 Å². The topological polar surface area (TPSA) is 24.9 Å². The summed E-state index contributed by atoms with van der Waals surface area (Å²) in [6.07, 6.45) is 0. The molecule has 0 aromatic heterocycles. The highest BCUT2D eigenvalue weighted by molar-refractivity contribution is 5.46. The van der Waals surface area contributed by atoms with E-state index in [2.05, 4.69) is 34.1 Å². The summed E-state index contributed by atoms with van der Waals surface area (Å²) in [5, 5.41) is 0. The van der Waals surface area contributed by atoms with E-state index in [-0.39, 0.29) is 0 Å². The number of ether oxygens (including phenoxy) is 2.